The number of nitrogens with one attached hydrogen (secondary N) is 2. The van der Waals surface area contributed by atoms with Crippen LogP contribution in [0.5, 0.6) is 5.75 Å². The van der Waals surface area contributed by atoms with Crippen LogP contribution in [0.2, 0.25) is 15.1 Å². The Morgan fingerprint density at radius 1 is 0.970 bits per heavy atom. The van der Waals surface area contributed by atoms with Gasteiger partial charge < -0.3 is 10.1 Å². The number of anilines is 1. The highest BCUT2D eigenvalue weighted by Crippen LogP contribution is 2.25. The first kappa shape index (κ1) is 24.6. The summed E-state index contributed by atoms with van der Waals surface area (Å²) in [6.45, 7) is 4.01. The molecule has 9 heteroatoms. The van der Waals surface area contributed by atoms with Crippen LogP contribution in [0.4, 0.5) is 5.69 Å². The minimum Gasteiger partial charge on any atom is -0.488 e. The second kappa shape index (κ2) is 11.2. The lowest BCUT2D eigenvalue weighted by Gasteiger charge is -2.10. The number of carbonyl (C=O) groups excluding carboxylic acids is 2. The Bertz CT molecular complexity index is 1230. The molecular weight excluding hydrogens is 485 g/mol. The largest absolute Gasteiger partial charge is 0.488 e. The maximum Gasteiger partial charge on any atom is 0.329 e. The summed E-state index contributed by atoms with van der Waals surface area (Å²) in [4.78, 5) is 24.3. The molecule has 170 valence electrons. The fourth-order valence-corrected chi connectivity index (χ4v) is 3.32. The molecule has 0 unspecified atom stereocenters. The predicted octanol–water partition coefficient (Wildman–Crippen LogP) is 5.93. The number of nitrogens with zero attached hydrogens (tertiary/aromatic N) is 1. The van der Waals surface area contributed by atoms with Crippen LogP contribution in [0, 0.1) is 13.8 Å². The number of amides is 2. The van der Waals surface area contributed by atoms with Gasteiger partial charge in [0.2, 0.25) is 0 Å². The molecule has 3 aromatic rings. The van der Waals surface area contributed by atoms with Gasteiger partial charge in [-0.3, -0.25) is 9.59 Å². The van der Waals surface area contributed by atoms with Crippen molar-refractivity contribution in [3.63, 3.8) is 0 Å². The third-order valence-corrected chi connectivity index (χ3v) is 5.75. The van der Waals surface area contributed by atoms with Crippen molar-refractivity contribution in [3.8, 4) is 5.75 Å². The Morgan fingerprint density at radius 3 is 2.52 bits per heavy atom. The summed E-state index contributed by atoms with van der Waals surface area (Å²) in [6.07, 6.45) is 1.35. The first-order valence-electron chi connectivity index (χ1n) is 9.81. The van der Waals surface area contributed by atoms with Gasteiger partial charge in [0, 0.05) is 16.3 Å². The first-order chi connectivity index (χ1) is 15.7. The number of ether oxygens (including phenoxy) is 1. The van der Waals surface area contributed by atoms with E-state index in [9.17, 15) is 9.59 Å². The SMILES string of the molecule is Cc1cccc(NC(=O)C(=O)N/N=C\c2cc(Cl)ccc2OCc2ccc(Cl)c(Cl)c2)c1C. The molecule has 2 amide bonds. The van der Waals surface area contributed by atoms with Crippen LogP contribution in [0.15, 0.2) is 59.7 Å². The maximum absolute atomic E-state index is 12.2. The third-order valence-electron chi connectivity index (χ3n) is 4.78. The highest BCUT2D eigenvalue weighted by atomic mass is 35.5. The van der Waals surface area contributed by atoms with Gasteiger partial charge >= 0.3 is 11.8 Å². The van der Waals surface area contributed by atoms with Crippen molar-refractivity contribution in [1.82, 2.24) is 5.43 Å². The molecular formula is C24H20Cl3N3O3. The topological polar surface area (TPSA) is 79.8 Å². The fourth-order valence-electron chi connectivity index (χ4n) is 2.82. The number of aryl methyl sites for hydroxylation is 1. The van der Waals surface area contributed by atoms with Gasteiger partial charge in [-0.05, 0) is 66.9 Å². The molecule has 0 fully saturated rings. The van der Waals surface area contributed by atoms with E-state index in [-0.39, 0.29) is 6.61 Å². The van der Waals surface area contributed by atoms with Gasteiger partial charge in [0.05, 0.1) is 16.3 Å². The van der Waals surface area contributed by atoms with E-state index < -0.39 is 11.8 Å². The quantitative estimate of drug-likeness (QED) is 0.248. The van der Waals surface area contributed by atoms with Crippen molar-refractivity contribution in [3.05, 3.63) is 91.9 Å². The number of rotatable bonds is 6. The summed E-state index contributed by atoms with van der Waals surface area (Å²) in [6, 6.07) is 15.6. The molecule has 0 bridgehead atoms. The standard InChI is InChI=1S/C24H20Cl3N3O3/c1-14-4-3-5-21(15(14)2)29-23(31)24(32)30-28-12-17-11-18(25)7-9-22(17)33-13-16-6-8-19(26)20(27)10-16/h3-12H,13H2,1-2H3,(H,29,31)(H,30,32)/b28-12-. The van der Waals surface area contributed by atoms with E-state index in [0.717, 1.165) is 16.7 Å². The molecule has 0 aliphatic carbocycles. The molecule has 0 atom stereocenters. The molecule has 6 nitrogen and oxygen atoms in total. The average Bonchev–Trinajstić information content (AvgIpc) is 2.78. The molecule has 0 spiro atoms. The van der Waals surface area contributed by atoms with Gasteiger partial charge in [-0.15, -0.1) is 0 Å². The number of hydrogen-bond donors (Lipinski definition) is 2. The molecule has 3 aromatic carbocycles. The minimum atomic E-state index is -0.910. The second-order valence-electron chi connectivity index (χ2n) is 7.12. The number of hydrogen-bond acceptors (Lipinski definition) is 4. The number of halogens is 3. The summed E-state index contributed by atoms with van der Waals surface area (Å²) >= 11 is 18.1. The zero-order chi connectivity index (χ0) is 24.0. The lowest BCUT2D eigenvalue weighted by atomic mass is 10.1. The normalized spacial score (nSPS) is 10.8. The van der Waals surface area contributed by atoms with Gasteiger partial charge in [0.1, 0.15) is 12.4 Å². The zero-order valence-electron chi connectivity index (χ0n) is 17.8. The molecule has 0 radical (unpaired) electrons. The van der Waals surface area contributed by atoms with E-state index in [2.05, 4.69) is 15.8 Å². The van der Waals surface area contributed by atoms with Crippen LogP contribution in [0.3, 0.4) is 0 Å². The Balaban J connectivity index is 1.64. The molecule has 0 aliphatic heterocycles. The smallest absolute Gasteiger partial charge is 0.329 e. The van der Waals surface area contributed by atoms with Crippen molar-refractivity contribution in [2.24, 2.45) is 5.10 Å². The number of carbonyl (C=O) groups is 2. The van der Waals surface area contributed by atoms with E-state index in [4.69, 9.17) is 39.5 Å². The van der Waals surface area contributed by atoms with Gasteiger partial charge in [0.25, 0.3) is 0 Å². The predicted molar refractivity (Wildman–Crippen MR) is 133 cm³/mol. The van der Waals surface area contributed by atoms with Crippen molar-refractivity contribution < 1.29 is 14.3 Å². The van der Waals surface area contributed by atoms with Gasteiger partial charge in [-0.25, -0.2) is 5.43 Å². The zero-order valence-corrected chi connectivity index (χ0v) is 20.1. The lowest BCUT2D eigenvalue weighted by molar-refractivity contribution is -0.136. The number of benzene rings is 3. The van der Waals surface area contributed by atoms with Crippen LogP contribution >= 0.6 is 34.8 Å². The molecule has 0 saturated heterocycles. The third kappa shape index (κ3) is 6.71. The Kier molecular flexibility index (Phi) is 8.33. The lowest BCUT2D eigenvalue weighted by Crippen LogP contribution is -2.32. The second-order valence-corrected chi connectivity index (χ2v) is 8.37. The van der Waals surface area contributed by atoms with Gasteiger partial charge in [-0.1, -0.05) is 53.0 Å². The highest BCUT2D eigenvalue weighted by Gasteiger charge is 2.14. The molecule has 2 N–H and O–H groups in total. The van der Waals surface area contributed by atoms with E-state index in [1.54, 1.807) is 48.5 Å². The van der Waals surface area contributed by atoms with E-state index in [0.29, 0.717) is 32.1 Å². The monoisotopic (exact) mass is 503 g/mol. The Labute approximate surface area is 206 Å². The summed E-state index contributed by atoms with van der Waals surface area (Å²) in [5, 5.41) is 7.78. The minimum absolute atomic E-state index is 0.226. The van der Waals surface area contributed by atoms with Crippen LogP contribution in [0.1, 0.15) is 22.3 Å². The molecule has 3 rings (SSSR count). The van der Waals surface area contributed by atoms with Crippen LogP contribution in [-0.2, 0) is 16.2 Å². The van der Waals surface area contributed by atoms with Gasteiger partial charge in [0.15, 0.2) is 0 Å². The van der Waals surface area contributed by atoms with Crippen molar-refractivity contribution in [1.29, 1.82) is 0 Å². The number of hydrazone groups is 1. The van der Waals surface area contributed by atoms with E-state index >= 15 is 0 Å². The molecule has 33 heavy (non-hydrogen) atoms. The fraction of sp³-hybridized carbons (Fsp3) is 0.125. The van der Waals surface area contributed by atoms with Gasteiger partial charge in [-0.2, -0.15) is 5.10 Å². The summed E-state index contributed by atoms with van der Waals surface area (Å²) in [7, 11) is 0. The van der Waals surface area contributed by atoms with Crippen LogP contribution in [-0.4, -0.2) is 18.0 Å². The molecule has 0 saturated carbocycles. The molecule has 0 aliphatic rings. The average molecular weight is 505 g/mol. The maximum atomic E-state index is 12.2. The van der Waals surface area contributed by atoms with Crippen LogP contribution < -0.4 is 15.5 Å². The molecule has 0 heterocycles. The molecule has 0 aromatic heterocycles. The Hall–Kier alpha value is -3.06. The summed E-state index contributed by atoms with van der Waals surface area (Å²) in [5.74, 6) is -1.26. The summed E-state index contributed by atoms with van der Waals surface area (Å²) < 4.78 is 5.84. The summed E-state index contributed by atoms with van der Waals surface area (Å²) in [5.41, 5.74) is 5.98. The highest BCUT2D eigenvalue weighted by molar-refractivity contribution is 6.42. The van der Waals surface area contributed by atoms with Crippen LogP contribution in [0.25, 0.3) is 0 Å². The first-order valence-corrected chi connectivity index (χ1v) is 10.9. The van der Waals surface area contributed by atoms with E-state index in [1.807, 2.05) is 19.9 Å². The van der Waals surface area contributed by atoms with E-state index in [1.165, 1.54) is 6.21 Å². The van der Waals surface area contributed by atoms with Crippen molar-refractivity contribution >= 4 is 58.5 Å². The Morgan fingerprint density at radius 2 is 1.76 bits per heavy atom. The van der Waals surface area contributed by atoms with Crippen molar-refractivity contribution in [2.75, 3.05) is 5.32 Å². The van der Waals surface area contributed by atoms with Crippen molar-refractivity contribution in [2.45, 2.75) is 20.5 Å².